The van der Waals surface area contributed by atoms with Crippen LogP contribution in [0.3, 0.4) is 0 Å². The van der Waals surface area contributed by atoms with Crippen molar-refractivity contribution in [3.8, 4) is 5.95 Å². The van der Waals surface area contributed by atoms with Crippen molar-refractivity contribution < 1.29 is 4.74 Å². The fourth-order valence-electron chi connectivity index (χ4n) is 2.94. The number of hydrogen-bond donors (Lipinski definition) is 1. The predicted octanol–water partition coefficient (Wildman–Crippen LogP) is 1.58. The van der Waals surface area contributed by atoms with Crippen molar-refractivity contribution in [2.24, 2.45) is 0 Å². The number of nitrogens with zero attached hydrogens (tertiary/aromatic N) is 5. The average Bonchev–Trinajstić information content (AvgIpc) is 3.16. The molecule has 0 aromatic carbocycles. The molecule has 0 aliphatic heterocycles. The first kappa shape index (κ1) is 18.4. The minimum absolute atomic E-state index is 0.208. The van der Waals surface area contributed by atoms with Crippen LogP contribution in [0.2, 0.25) is 0 Å². The molecular weight excluding hydrogens is 380 g/mol. The number of pyridine rings is 3. The molecule has 10 heteroatoms. The molecule has 1 N–H and O–H groups in total. The summed E-state index contributed by atoms with van der Waals surface area (Å²) in [6, 6.07) is 5.09. The van der Waals surface area contributed by atoms with Gasteiger partial charge in [0.05, 0.1) is 28.4 Å². The van der Waals surface area contributed by atoms with Gasteiger partial charge in [-0.05, 0) is 24.0 Å². The molecule has 0 spiro atoms. The number of H-pyrrole nitrogens is 1. The van der Waals surface area contributed by atoms with E-state index < -0.39 is 0 Å². The molecule has 4 heterocycles. The van der Waals surface area contributed by atoms with E-state index in [0.29, 0.717) is 46.1 Å². The smallest absolute Gasteiger partial charge is 0.266 e. The standard InChI is InChI=1S/C18H18N6O3S/c1-3-28-18-20-17(21-22-18)24-7-5-14-12(16(24)26)10-11-13(19-14)4-6-23(15(11)25)8-9-27-2/h4-7,10H,3,8-9H2,1-2H3,(H,20,21,22). The zero-order valence-electron chi connectivity index (χ0n) is 15.4. The lowest BCUT2D eigenvalue weighted by molar-refractivity contribution is 0.186. The number of methoxy groups -OCH3 is 1. The van der Waals surface area contributed by atoms with Gasteiger partial charge >= 0.3 is 0 Å². The van der Waals surface area contributed by atoms with Crippen LogP contribution in [0.15, 0.2) is 45.3 Å². The first-order chi connectivity index (χ1) is 13.6. The molecule has 9 nitrogen and oxygen atoms in total. The van der Waals surface area contributed by atoms with Crippen LogP contribution in [0.5, 0.6) is 0 Å². The number of rotatable bonds is 6. The maximum absolute atomic E-state index is 13.0. The van der Waals surface area contributed by atoms with E-state index in [0.717, 1.165) is 5.75 Å². The Morgan fingerprint density at radius 3 is 2.61 bits per heavy atom. The highest BCUT2D eigenvalue weighted by Crippen LogP contribution is 2.16. The second kappa shape index (κ2) is 7.56. The van der Waals surface area contributed by atoms with Gasteiger partial charge in [-0.15, -0.1) is 5.10 Å². The van der Waals surface area contributed by atoms with Gasteiger partial charge in [0, 0.05) is 26.0 Å². The van der Waals surface area contributed by atoms with E-state index >= 15 is 0 Å². The molecule has 4 aromatic heterocycles. The number of fused-ring (bicyclic) bond motifs is 2. The Morgan fingerprint density at radius 2 is 1.86 bits per heavy atom. The molecule has 0 amide bonds. The van der Waals surface area contributed by atoms with E-state index in [4.69, 9.17) is 4.74 Å². The lowest BCUT2D eigenvalue weighted by Gasteiger charge is -2.08. The fraction of sp³-hybridized carbons (Fsp3) is 0.278. The normalized spacial score (nSPS) is 11.5. The summed E-state index contributed by atoms with van der Waals surface area (Å²) >= 11 is 1.48. The molecule has 0 atom stereocenters. The zero-order chi connectivity index (χ0) is 19.7. The molecule has 4 aromatic rings. The second-order valence-electron chi connectivity index (χ2n) is 6.03. The van der Waals surface area contributed by atoms with Crippen molar-refractivity contribution >= 4 is 33.6 Å². The van der Waals surface area contributed by atoms with Crippen LogP contribution in [0.4, 0.5) is 0 Å². The maximum Gasteiger partial charge on any atom is 0.266 e. The quantitative estimate of drug-likeness (QED) is 0.388. The molecule has 0 unspecified atom stereocenters. The van der Waals surface area contributed by atoms with Crippen molar-refractivity contribution in [1.82, 2.24) is 29.3 Å². The van der Waals surface area contributed by atoms with Crippen LogP contribution in [-0.2, 0) is 11.3 Å². The third kappa shape index (κ3) is 3.20. The van der Waals surface area contributed by atoms with E-state index in [1.54, 1.807) is 42.3 Å². The van der Waals surface area contributed by atoms with Gasteiger partial charge in [-0.2, -0.15) is 4.98 Å². The Morgan fingerprint density at radius 1 is 1.11 bits per heavy atom. The van der Waals surface area contributed by atoms with E-state index in [9.17, 15) is 9.59 Å². The molecule has 0 bridgehead atoms. The molecule has 28 heavy (non-hydrogen) atoms. The van der Waals surface area contributed by atoms with Crippen molar-refractivity contribution in [2.45, 2.75) is 18.6 Å². The van der Waals surface area contributed by atoms with Crippen LogP contribution in [0.25, 0.3) is 27.8 Å². The highest BCUT2D eigenvalue weighted by Gasteiger charge is 2.12. The van der Waals surface area contributed by atoms with E-state index in [2.05, 4.69) is 20.2 Å². The number of ether oxygens (including phenoxy) is 1. The predicted molar refractivity (Wildman–Crippen MR) is 107 cm³/mol. The summed E-state index contributed by atoms with van der Waals surface area (Å²) in [5.41, 5.74) is 0.540. The zero-order valence-corrected chi connectivity index (χ0v) is 16.2. The lowest BCUT2D eigenvalue weighted by Crippen LogP contribution is -2.23. The molecule has 4 rings (SSSR count). The average molecular weight is 398 g/mol. The summed E-state index contributed by atoms with van der Waals surface area (Å²) < 4.78 is 7.96. The number of aromatic amines is 1. The molecule has 144 valence electrons. The van der Waals surface area contributed by atoms with Crippen molar-refractivity contribution in [2.75, 3.05) is 19.5 Å². The minimum Gasteiger partial charge on any atom is -0.383 e. The summed E-state index contributed by atoms with van der Waals surface area (Å²) in [4.78, 5) is 34.6. The summed E-state index contributed by atoms with van der Waals surface area (Å²) in [7, 11) is 1.58. The fourth-order valence-corrected chi connectivity index (χ4v) is 3.46. The first-order valence-electron chi connectivity index (χ1n) is 8.72. The lowest BCUT2D eigenvalue weighted by atomic mass is 10.2. The topological polar surface area (TPSA) is 108 Å². The number of aromatic nitrogens is 6. The number of thioether (sulfide) groups is 1. The molecular formula is C18H18N6O3S. The summed E-state index contributed by atoms with van der Waals surface area (Å²) in [5.74, 6) is 1.16. The van der Waals surface area contributed by atoms with Gasteiger partial charge < -0.3 is 9.30 Å². The van der Waals surface area contributed by atoms with Gasteiger partial charge in [0.1, 0.15) is 0 Å². The SMILES string of the molecule is CCSc1n[nH]c(-n2ccc3nc4ccn(CCOC)c(=O)c4cc3c2=O)n1. The third-order valence-electron chi connectivity index (χ3n) is 4.31. The van der Waals surface area contributed by atoms with Gasteiger partial charge in [0.2, 0.25) is 11.1 Å². The largest absolute Gasteiger partial charge is 0.383 e. The Balaban J connectivity index is 1.88. The minimum atomic E-state index is -0.317. The monoisotopic (exact) mass is 398 g/mol. The van der Waals surface area contributed by atoms with Gasteiger partial charge in [0.15, 0.2) is 0 Å². The van der Waals surface area contributed by atoms with Gasteiger partial charge in [0.25, 0.3) is 11.1 Å². The van der Waals surface area contributed by atoms with Crippen LogP contribution in [0.1, 0.15) is 6.92 Å². The highest BCUT2D eigenvalue weighted by molar-refractivity contribution is 7.99. The summed E-state index contributed by atoms with van der Waals surface area (Å²) in [5, 5.41) is 8.17. The number of nitrogens with one attached hydrogen (secondary N) is 1. The number of hydrogen-bond acceptors (Lipinski definition) is 7. The molecule has 0 aliphatic carbocycles. The molecule has 0 fully saturated rings. The van der Waals surface area contributed by atoms with Gasteiger partial charge in [-0.25, -0.2) is 10.1 Å². The molecule has 0 saturated carbocycles. The summed E-state index contributed by atoms with van der Waals surface area (Å²) in [6.07, 6.45) is 3.29. The first-order valence-corrected chi connectivity index (χ1v) is 9.71. The van der Waals surface area contributed by atoms with Gasteiger partial charge in [-0.3, -0.25) is 14.2 Å². The van der Waals surface area contributed by atoms with Crippen molar-refractivity contribution in [1.29, 1.82) is 0 Å². The highest BCUT2D eigenvalue weighted by atomic mass is 32.2. The Bertz CT molecular complexity index is 1280. The van der Waals surface area contributed by atoms with Crippen LogP contribution in [0, 0.1) is 0 Å². The third-order valence-corrected chi connectivity index (χ3v) is 5.04. The van der Waals surface area contributed by atoms with Crippen molar-refractivity contribution in [3.05, 3.63) is 51.3 Å². The Hall–Kier alpha value is -2.98. The maximum atomic E-state index is 13.0. The van der Waals surface area contributed by atoms with Crippen LogP contribution >= 0.6 is 11.8 Å². The summed E-state index contributed by atoms with van der Waals surface area (Å²) in [6.45, 7) is 2.85. The Labute approximate surface area is 163 Å². The van der Waals surface area contributed by atoms with Gasteiger partial charge in [-0.1, -0.05) is 18.7 Å². The van der Waals surface area contributed by atoms with Crippen LogP contribution < -0.4 is 11.1 Å². The van der Waals surface area contributed by atoms with E-state index in [1.165, 1.54) is 16.3 Å². The van der Waals surface area contributed by atoms with E-state index in [-0.39, 0.29) is 11.1 Å². The molecule has 0 radical (unpaired) electrons. The van der Waals surface area contributed by atoms with Crippen LogP contribution in [-0.4, -0.2) is 48.8 Å². The van der Waals surface area contributed by atoms with E-state index in [1.807, 2.05) is 6.92 Å². The second-order valence-corrected chi connectivity index (χ2v) is 7.26. The molecule has 0 aliphatic rings. The Kier molecular flexibility index (Phi) is 4.97. The van der Waals surface area contributed by atoms with Crippen molar-refractivity contribution in [3.63, 3.8) is 0 Å². The molecule has 0 saturated heterocycles.